The lowest BCUT2D eigenvalue weighted by molar-refractivity contribution is -0.0104. The maximum atomic E-state index is 6.15. The van der Waals surface area contributed by atoms with E-state index in [0.29, 0.717) is 52.7 Å². The molecule has 0 unspecified atom stereocenters. The third-order valence-electron chi connectivity index (χ3n) is 5.97. The molecule has 174 valence electrons. The van der Waals surface area contributed by atoms with Gasteiger partial charge in [0.15, 0.2) is 11.5 Å². The molecular weight excluding hydrogens is 469 g/mol. The van der Waals surface area contributed by atoms with Gasteiger partial charge in [-0.05, 0) is 24.3 Å². The molecule has 2 aliphatic rings. The Labute approximate surface area is 201 Å². The molecule has 0 amide bonds. The molecule has 33 heavy (non-hydrogen) atoms. The number of hydrogen-bond donors (Lipinski definition) is 1. The second kappa shape index (κ2) is 9.48. The van der Waals surface area contributed by atoms with Crippen LogP contribution in [0.1, 0.15) is 0 Å². The summed E-state index contributed by atoms with van der Waals surface area (Å²) < 4.78 is 29.0. The Bertz CT molecular complexity index is 1160. The van der Waals surface area contributed by atoms with E-state index in [1.165, 1.54) is 6.33 Å². The van der Waals surface area contributed by atoms with E-state index in [0.717, 1.165) is 11.1 Å². The molecule has 3 aromatic rings. The predicted octanol–water partition coefficient (Wildman–Crippen LogP) is 4.50. The topological polar surface area (TPSA) is 84.0 Å². The third kappa shape index (κ3) is 4.41. The zero-order valence-electron chi connectivity index (χ0n) is 18.1. The second-order valence-electron chi connectivity index (χ2n) is 7.94. The zero-order chi connectivity index (χ0) is 22.9. The molecule has 2 saturated heterocycles. The minimum absolute atomic E-state index is 0.0339. The number of methoxy groups -OCH3 is 2. The SMILES string of the molecule is COc1cc2c(Nc3ccc(Cl)c(Cl)c3)ncnc2cc1OC[C@H]1CO[C@@H]2[C@@H]1OC[C@@H]2OC. The number of halogens is 2. The summed E-state index contributed by atoms with van der Waals surface area (Å²) in [6.45, 7) is 1.52. The fraction of sp³-hybridized carbons (Fsp3) is 0.391. The van der Waals surface area contributed by atoms with Crippen molar-refractivity contribution in [2.45, 2.75) is 18.3 Å². The van der Waals surface area contributed by atoms with Crippen molar-refractivity contribution in [1.29, 1.82) is 0 Å². The molecule has 0 spiro atoms. The van der Waals surface area contributed by atoms with Gasteiger partial charge in [0.2, 0.25) is 0 Å². The van der Waals surface area contributed by atoms with E-state index in [4.69, 9.17) is 46.9 Å². The number of benzene rings is 2. The third-order valence-corrected chi connectivity index (χ3v) is 6.71. The van der Waals surface area contributed by atoms with E-state index in [9.17, 15) is 0 Å². The minimum Gasteiger partial charge on any atom is -0.493 e. The largest absolute Gasteiger partial charge is 0.493 e. The van der Waals surface area contributed by atoms with Gasteiger partial charge in [-0.15, -0.1) is 0 Å². The lowest BCUT2D eigenvalue weighted by atomic mass is 10.0. The van der Waals surface area contributed by atoms with Crippen molar-refractivity contribution in [2.24, 2.45) is 5.92 Å². The summed E-state index contributed by atoms with van der Waals surface area (Å²) in [6.07, 6.45) is 1.37. The van der Waals surface area contributed by atoms with E-state index in [-0.39, 0.29) is 24.2 Å². The van der Waals surface area contributed by atoms with Gasteiger partial charge in [0.05, 0.1) is 48.6 Å². The molecule has 0 aliphatic carbocycles. The highest BCUT2D eigenvalue weighted by molar-refractivity contribution is 6.42. The lowest BCUT2D eigenvalue weighted by Gasteiger charge is -2.18. The molecule has 2 aromatic carbocycles. The van der Waals surface area contributed by atoms with Crippen LogP contribution in [0.2, 0.25) is 10.0 Å². The monoisotopic (exact) mass is 491 g/mol. The summed E-state index contributed by atoms with van der Waals surface area (Å²) in [7, 11) is 3.28. The molecule has 2 aliphatic heterocycles. The molecule has 2 fully saturated rings. The second-order valence-corrected chi connectivity index (χ2v) is 8.75. The van der Waals surface area contributed by atoms with Crippen molar-refractivity contribution >= 4 is 45.6 Å². The van der Waals surface area contributed by atoms with Gasteiger partial charge in [-0.25, -0.2) is 9.97 Å². The highest BCUT2D eigenvalue weighted by Crippen LogP contribution is 2.37. The minimum atomic E-state index is -0.0511. The Kier molecular flexibility index (Phi) is 6.44. The number of rotatable bonds is 7. The number of fused-ring (bicyclic) bond motifs is 2. The molecule has 1 aromatic heterocycles. The molecular formula is C23H23Cl2N3O5. The molecule has 1 N–H and O–H groups in total. The molecule has 0 bridgehead atoms. The van der Waals surface area contributed by atoms with Crippen molar-refractivity contribution in [3.63, 3.8) is 0 Å². The van der Waals surface area contributed by atoms with Crippen LogP contribution in [0.25, 0.3) is 10.9 Å². The van der Waals surface area contributed by atoms with Crippen LogP contribution in [0.5, 0.6) is 11.5 Å². The van der Waals surface area contributed by atoms with Gasteiger partial charge in [0.25, 0.3) is 0 Å². The van der Waals surface area contributed by atoms with Crippen LogP contribution in [0.3, 0.4) is 0 Å². The van der Waals surface area contributed by atoms with Gasteiger partial charge in [-0.3, -0.25) is 0 Å². The Hall–Kier alpha value is -2.36. The van der Waals surface area contributed by atoms with Crippen molar-refractivity contribution < 1.29 is 23.7 Å². The number of aromatic nitrogens is 2. The Morgan fingerprint density at radius 3 is 2.64 bits per heavy atom. The standard InChI is InChI=1S/C23H23Cl2N3O5/c1-29-18-6-14-17(26-11-27-23(14)28-13-3-4-15(24)16(25)5-13)7-19(18)31-8-12-9-32-22-20(30-2)10-33-21(12)22/h3-7,11-12,20-22H,8-10H2,1-2H3,(H,26,27,28)/t12-,20-,21+,22-/m0/s1. The van der Waals surface area contributed by atoms with Crippen LogP contribution < -0.4 is 14.8 Å². The first-order chi connectivity index (χ1) is 16.1. The average molecular weight is 492 g/mol. The number of nitrogens with one attached hydrogen (secondary N) is 1. The summed E-state index contributed by atoms with van der Waals surface area (Å²) in [4.78, 5) is 8.79. The van der Waals surface area contributed by atoms with Crippen LogP contribution in [0.4, 0.5) is 11.5 Å². The van der Waals surface area contributed by atoms with Gasteiger partial charge >= 0.3 is 0 Å². The van der Waals surface area contributed by atoms with Gasteiger partial charge in [0, 0.05) is 30.2 Å². The number of ether oxygens (including phenoxy) is 5. The van der Waals surface area contributed by atoms with Crippen LogP contribution in [0.15, 0.2) is 36.7 Å². The van der Waals surface area contributed by atoms with E-state index >= 15 is 0 Å². The maximum absolute atomic E-state index is 6.15. The molecule has 3 heterocycles. The molecule has 4 atom stereocenters. The zero-order valence-corrected chi connectivity index (χ0v) is 19.6. The Morgan fingerprint density at radius 2 is 1.85 bits per heavy atom. The normalized spacial score (nSPS) is 24.1. The van der Waals surface area contributed by atoms with E-state index in [2.05, 4.69) is 15.3 Å². The number of nitrogens with zero attached hydrogens (tertiary/aromatic N) is 2. The van der Waals surface area contributed by atoms with Gasteiger partial charge in [-0.1, -0.05) is 23.2 Å². The molecule has 5 rings (SSSR count). The van der Waals surface area contributed by atoms with Gasteiger partial charge < -0.3 is 29.0 Å². The smallest absolute Gasteiger partial charge is 0.163 e. The van der Waals surface area contributed by atoms with E-state index in [1.807, 2.05) is 18.2 Å². The highest BCUT2D eigenvalue weighted by atomic mass is 35.5. The molecule has 0 radical (unpaired) electrons. The van der Waals surface area contributed by atoms with Gasteiger partial charge in [0.1, 0.15) is 24.4 Å². The Balaban J connectivity index is 1.36. The predicted molar refractivity (Wildman–Crippen MR) is 125 cm³/mol. The quantitative estimate of drug-likeness (QED) is 0.517. The van der Waals surface area contributed by atoms with Crippen LogP contribution in [-0.4, -0.2) is 62.3 Å². The van der Waals surface area contributed by atoms with Crippen LogP contribution in [-0.2, 0) is 14.2 Å². The maximum Gasteiger partial charge on any atom is 0.163 e. The van der Waals surface area contributed by atoms with E-state index in [1.54, 1.807) is 26.4 Å². The molecule has 8 nitrogen and oxygen atoms in total. The summed E-state index contributed by atoms with van der Waals surface area (Å²) in [5, 5.41) is 4.98. The van der Waals surface area contributed by atoms with Crippen molar-refractivity contribution in [3.05, 3.63) is 46.7 Å². The lowest BCUT2D eigenvalue weighted by Crippen LogP contribution is -2.32. The summed E-state index contributed by atoms with van der Waals surface area (Å²) in [5.41, 5.74) is 1.46. The number of anilines is 2. The fourth-order valence-electron chi connectivity index (χ4n) is 4.23. The first-order valence-corrected chi connectivity index (χ1v) is 11.3. The van der Waals surface area contributed by atoms with Crippen LogP contribution in [0, 0.1) is 5.92 Å². The summed E-state index contributed by atoms with van der Waals surface area (Å²) in [6, 6.07) is 8.99. The average Bonchev–Trinajstić information content (AvgIpc) is 3.42. The summed E-state index contributed by atoms with van der Waals surface area (Å²) in [5.74, 6) is 1.88. The first-order valence-electron chi connectivity index (χ1n) is 10.5. The van der Waals surface area contributed by atoms with Crippen LogP contribution >= 0.6 is 23.2 Å². The van der Waals surface area contributed by atoms with Crippen molar-refractivity contribution in [2.75, 3.05) is 39.4 Å². The molecule has 0 saturated carbocycles. The Morgan fingerprint density at radius 1 is 1.00 bits per heavy atom. The first kappa shape index (κ1) is 22.4. The fourth-order valence-corrected chi connectivity index (χ4v) is 4.53. The van der Waals surface area contributed by atoms with Crippen molar-refractivity contribution in [3.8, 4) is 11.5 Å². The number of hydrogen-bond acceptors (Lipinski definition) is 8. The van der Waals surface area contributed by atoms with E-state index < -0.39 is 0 Å². The molecule has 10 heteroatoms. The van der Waals surface area contributed by atoms with Gasteiger partial charge in [-0.2, -0.15) is 0 Å². The summed E-state index contributed by atoms with van der Waals surface area (Å²) >= 11 is 12.2. The van der Waals surface area contributed by atoms with Crippen molar-refractivity contribution in [1.82, 2.24) is 9.97 Å². The highest BCUT2D eigenvalue weighted by Gasteiger charge is 2.48.